The molecule has 0 N–H and O–H groups in total. The summed E-state index contributed by atoms with van der Waals surface area (Å²) < 4.78 is 15.2. The quantitative estimate of drug-likeness (QED) is 0.679. The molecule has 0 aliphatic carbocycles. The molecule has 2 aromatic heterocycles. The minimum atomic E-state index is -0.196. The average Bonchev–Trinajstić information content (AvgIpc) is 2.55. The van der Waals surface area contributed by atoms with Crippen LogP contribution in [0.5, 0.6) is 0 Å². The maximum Gasteiger partial charge on any atom is 0.142 e. The molecule has 0 bridgehead atoms. The fraction of sp³-hybridized carbons (Fsp3) is 0.364. The van der Waals surface area contributed by atoms with E-state index in [0.717, 1.165) is 5.69 Å². The molecule has 0 atom stereocenters. The summed E-state index contributed by atoms with van der Waals surface area (Å²) in [5.41, 5.74) is 2.44. The Balaban J connectivity index is 2.77. The van der Waals surface area contributed by atoms with Crippen LogP contribution in [0, 0.1) is 12.7 Å². The molecular formula is C11H13FN2. The van der Waals surface area contributed by atoms with Gasteiger partial charge in [-0.3, -0.25) is 0 Å². The van der Waals surface area contributed by atoms with E-state index in [1.54, 1.807) is 13.1 Å². The van der Waals surface area contributed by atoms with Gasteiger partial charge in [0.2, 0.25) is 0 Å². The minimum Gasteiger partial charge on any atom is -0.303 e. The van der Waals surface area contributed by atoms with E-state index in [-0.39, 0.29) is 5.82 Å². The monoisotopic (exact) mass is 192 g/mol. The van der Waals surface area contributed by atoms with Crippen LogP contribution >= 0.6 is 0 Å². The first-order valence-corrected chi connectivity index (χ1v) is 4.73. The largest absolute Gasteiger partial charge is 0.303 e. The molecule has 0 aliphatic rings. The van der Waals surface area contributed by atoms with Crippen molar-refractivity contribution in [2.45, 2.75) is 26.7 Å². The molecule has 2 aromatic rings. The van der Waals surface area contributed by atoms with Crippen molar-refractivity contribution in [3.63, 3.8) is 0 Å². The number of aromatic nitrogens is 2. The molecule has 2 rings (SSSR count). The van der Waals surface area contributed by atoms with Crippen LogP contribution in [-0.2, 0) is 0 Å². The SMILES string of the molecule is Cc1c(F)ccn2c(C(C)C)cnc12. The highest BCUT2D eigenvalue weighted by molar-refractivity contribution is 5.49. The highest BCUT2D eigenvalue weighted by Crippen LogP contribution is 2.19. The van der Waals surface area contributed by atoms with Crippen LogP contribution in [0.1, 0.15) is 31.0 Å². The molecule has 74 valence electrons. The van der Waals surface area contributed by atoms with Crippen LogP contribution in [-0.4, -0.2) is 9.38 Å². The number of hydrogen-bond acceptors (Lipinski definition) is 1. The van der Waals surface area contributed by atoms with Gasteiger partial charge in [0.1, 0.15) is 11.5 Å². The summed E-state index contributed by atoms with van der Waals surface area (Å²) >= 11 is 0. The van der Waals surface area contributed by atoms with Crippen LogP contribution < -0.4 is 0 Å². The topological polar surface area (TPSA) is 17.3 Å². The summed E-state index contributed by atoms with van der Waals surface area (Å²) in [4.78, 5) is 4.22. The Hall–Kier alpha value is -1.38. The van der Waals surface area contributed by atoms with Crippen molar-refractivity contribution in [2.24, 2.45) is 0 Å². The van der Waals surface area contributed by atoms with E-state index in [1.807, 2.05) is 10.6 Å². The number of halogens is 1. The molecule has 0 aliphatic heterocycles. The first-order valence-electron chi connectivity index (χ1n) is 4.73. The second kappa shape index (κ2) is 3.08. The third-order valence-corrected chi connectivity index (χ3v) is 2.48. The lowest BCUT2D eigenvalue weighted by Gasteiger charge is -2.05. The molecule has 0 unspecified atom stereocenters. The predicted octanol–water partition coefficient (Wildman–Crippen LogP) is 2.91. The van der Waals surface area contributed by atoms with Crippen LogP contribution in [0.25, 0.3) is 5.65 Å². The number of pyridine rings is 1. The molecule has 0 saturated heterocycles. The minimum absolute atomic E-state index is 0.196. The zero-order valence-corrected chi connectivity index (χ0v) is 8.58. The lowest BCUT2D eigenvalue weighted by molar-refractivity contribution is 0.616. The van der Waals surface area contributed by atoms with Crippen molar-refractivity contribution >= 4 is 5.65 Å². The zero-order chi connectivity index (χ0) is 10.3. The maximum absolute atomic E-state index is 13.2. The van der Waals surface area contributed by atoms with E-state index in [4.69, 9.17) is 0 Å². The van der Waals surface area contributed by atoms with E-state index in [2.05, 4.69) is 18.8 Å². The molecule has 0 fully saturated rings. The Bertz CT molecular complexity index is 471. The molecule has 0 amide bonds. The van der Waals surface area contributed by atoms with E-state index in [1.165, 1.54) is 6.07 Å². The number of aryl methyl sites for hydroxylation is 1. The number of hydrogen-bond donors (Lipinski definition) is 0. The van der Waals surface area contributed by atoms with Crippen LogP contribution in [0.4, 0.5) is 4.39 Å². The second-order valence-corrected chi connectivity index (χ2v) is 3.82. The molecule has 3 heteroatoms. The van der Waals surface area contributed by atoms with Crippen molar-refractivity contribution in [2.75, 3.05) is 0 Å². The molecular weight excluding hydrogens is 179 g/mol. The molecule has 0 spiro atoms. The van der Waals surface area contributed by atoms with Crippen LogP contribution in [0.15, 0.2) is 18.5 Å². The summed E-state index contributed by atoms with van der Waals surface area (Å²) in [5.74, 6) is 0.202. The molecule has 0 radical (unpaired) electrons. The summed E-state index contributed by atoms with van der Waals surface area (Å²) in [6.07, 6.45) is 3.55. The molecule has 14 heavy (non-hydrogen) atoms. The summed E-state index contributed by atoms with van der Waals surface area (Å²) in [6.45, 7) is 5.95. The fourth-order valence-electron chi connectivity index (χ4n) is 1.61. The second-order valence-electron chi connectivity index (χ2n) is 3.82. The van der Waals surface area contributed by atoms with E-state index < -0.39 is 0 Å². The van der Waals surface area contributed by atoms with Gasteiger partial charge in [-0.05, 0) is 18.9 Å². The van der Waals surface area contributed by atoms with Gasteiger partial charge in [0.15, 0.2) is 0 Å². The van der Waals surface area contributed by atoms with Gasteiger partial charge < -0.3 is 4.40 Å². The normalized spacial score (nSPS) is 11.5. The van der Waals surface area contributed by atoms with Crippen LogP contribution in [0.2, 0.25) is 0 Å². The maximum atomic E-state index is 13.2. The molecule has 2 nitrogen and oxygen atoms in total. The Morgan fingerprint density at radius 1 is 1.43 bits per heavy atom. The Morgan fingerprint density at radius 2 is 2.14 bits per heavy atom. The molecule has 0 aromatic carbocycles. The summed E-state index contributed by atoms with van der Waals surface area (Å²) in [6, 6.07) is 1.48. The molecule has 2 heterocycles. The van der Waals surface area contributed by atoms with Gasteiger partial charge in [-0.15, -0.1) is 0 Å². The van der Waals surface area contributed by atoms with Gasteiger partial charge >= 0.3 is 0 Å². The number of nitrogens with zero attached hydrogens (tertiary/aromatic N) is 2. The highest BCUT2D eigenvalue weighted by atomic mass is 19.1. The lowest BCUT2D eigenvalue weighted by atomic mass is 10.1. The van der Waals surface area contributed by atoms with Gasteiger partial charge in [0.05, 0.1) is 0 Å². The Kier molecular flexibility index (Phi) is 2.02. The fourth-order valence-corrected chi connectivity index (χ4v) is 1.61. The van der Waals surface area contributed by atoms with E-state index >= 15 is 0 Å². The van der Waals surface area contributed by atoms with Crippen LogP contribution in [0.3, 0.4) is 0 Å². The average molecular weight is 192 g/mol. The van der Waals surface area contributed by atoms with Crippen molar-refractivity contribution < 1.29 is 4.39 Å². The summed E-state index contributed by atoms with van der Waals surface area (Å²) in [5, 5.41) is 0. The van der Waals surface area contributed by atoms with Crippen molar-refractivity contribution in [1.82, 2.24) is 9.38 Å². The van der Waals surface area contributed by atoms with E-state index in [9.17, 15) is 4.39 Å². The van der Waals surface area contributed by atoms with Gasteiger partial charge in [0, 0.05) is 23.7 Å². The van der Waals surface area contributed by atoms with Gasteiger partial charge in [-0.2, -0.15) is 0 Å². The van der Waals surface area contributed by atoms with Crippen molar-refractivity contribution in [1.29, 1.82) is 0 Å². The highest BCUT2D eigenvalue weighted by Gasteiger charge is 2.10. The zero-order valence-electron chi connectivity index (χ0n) is 8.58. The van der Waals surface area contributed by atoms with E-state index in [0.29, 0.717) is 17.1 Å². The number of fused-ring (bicyclic) bond motifs is 1. The van der Waals surface area contributed by atoms with Gasteiger partial charge in [-0.1, -0.05) is 13.8 Å². The van der Waals surface area contributed by atoms with Gasteiger partial charge in [0.25, 0.3) is 0 Å². The predicted molar refractivity (Wildman–Crippen MR) is 54.0 cm³/mol. The first-order chi connectivity index (χ1) is 6.61. The molecule has 0 saturated carbocycles. The first kappa shape index (κ1) is 9.19. The van der Waals surface area contributed by atoms with Gasteiger partial charge in [-0.25, -0.2) is 9.37 Å². The Labute approximate surface area is 82.4 Å². The van der Waals surface area contributed by atoms with Crippen molar-refractivity contribution in [3.8, 4) is 0 Å². The number of rotatable bonds is 1. The van der Waals surface area contributed by atoms with Crippen molar-refractivity contribution in [3.05, 3.63) is 35.5 Å². The third-order valence-electron chi connectivity index (χ3n) is 2.48. The lowest BCUT2D eigenvalue weighted by Crippen LogP contribution is -1.97. The third kappa shape index (κ3) is 1.20. The smallest absolute Gasteiger partial charge is 0.142 e. The standard InChI is InChI=1S/C11H13FN2/c1-7(2)10-6-13-11-8(3)9(12)4-5-14(10)11/h4-7H,1-3H3. The summed E-state index contributed by atoms with van der Waals surface area (Å²) in [7, 11) is 0. The number of imidazole rings is 1. The Morgan fingerprint density at radius 3 is 2.79 bits per heavy atom.